The highest BCUT2D eigenvalue weighted by molar-refractivity contribution is 5.80. The van der Waals surface area contributed by atoms with Gasteiger partial charge in [-0.2, -0.15) is 0 Å². The Morgan fingerprint density at radius 2 is 1.43 bits per heavy atom. The molecule has 0 aliphatic heterocycles. The topological polar surface area (TPSA) is 26.3 Å². The van der Waals surface area contributed by atoms with E-state index in [1.54, 1.807) is 0 Å². The average molecular weight is 308 g/mol. The van der Waals surface area contributed by atoms with Crippen molar-refractivity contribution in [3.8, 4) is 0 Å². The Bertz CT molecular complexity index is 590. The normalized spacial score (nSPS) is 24.0. The molecule has 0 saturated heterocycles. The summed E-state index contributed by atoms with van der Waals surface area (Å²) in [4.78, 5) is 12.6. The highest BCUT2D eigenvalue weighted by Crippen LogP contribution is 2.60. The molecule has 3 rings (SSSR count). The van der Waals surface area contributed by atoms with Crippen LogP contribution in [0.4, 0.5) is 0 Å². The number of hydrogen-bond donors (Lipinski definition) is 0. The summed E-state index contributed by atoms with van der Waals surface area (Å²) < 4.78 is 5.58. The van der Waals surface area contributed by atoms with Gasteiger partial charge in [0, 0.05) is 11.8 Å². The Labute approximate surface area is 138 Å². The van der Waals surface area contributed by atoms with E-state index in [1.807, 2.05) is 36.4 Å². The van der Waals surface area contributed by atoms with E-state index < -0.39 is 0 Å². The number of rotatable bonds is 6. The lowest BCUT2D eigenvalue weighted by atomic mass is 10.0. The molecular weight excluding hydrogens is 284 g/mol. The molecule has 2 aromatic rings. The maximum Gasteiger partial charge on any atom is 0.310 e. The molecule has 0 bridgehead atoms. The lowest BCUT2D eigenvalue weighted by molar-refractivity contribution is -0.146. The van der Waals surface area contributed by atoms with Crippen LogP contribution in [0.3, 0.4) is 0 Å². The molecule has 0 aromatic heterocycles. The van der Waals surface area contributed by atoms with Crippen molar-refractivity contribution in [2.75, 3.05) is 6.61 Å². The molecule has 0 amide bonds. The fraction of sp³-hybridized carbons (Fsp3) is 0.381. The van der Waals surface area contributed by atoms with E-state index >= 15 is 0 Å². The van der Waals surface area contributed by atoms with Crippen molar-refractivity contribution in [2.24, 2.45) is 11.8 Å². The second kappa shape index (κ2) is 6.99. The smallest absolute Gasteiger partial charge is 0.310 e. The first-order valence-corrected chi connectivity index (χ1v) is 8.49. The Kier molecular flexibility index (Phi) is 4.80. The predicted molar refractivity (Wildman–Crippen MR) is 92.3 cm³/mol. The number of carbonyl (C=O) groups is 1. The van der Waals surface area contributed by atoms with Crippen LogP contribution in [0, 0.1) is 11.8 Å². The van der Waals surface area contributed by atoms with E-state index in [4.69, 9.17) is 4.74 Å². The molecule has 2 nitrogen and oxygen atoms in total. The van der Waals surface area contributed by atoms with Crippen molar-refractivity contribution >= 4 is 5.97 Å². The third-order valence-electron chi connectivity index (χ3n) is 4.87. The summed E-state index contributed by atoms with van der Waals surface area (Å²) >= 11 is 0. The highest BCUT2D eigenvalue weighted by atomic mass is 16.5. The Morgan fingerprint density at radius 3 is 1.87 bits per heavy atom. The van der Waals surface area contributed by atoms with Crippen molar-refractivity contribution in [1.82, 2.24) is 0 Å². The van der Waals surface area contributed by atoms with E-state index in [0.717, 1.165) is 6.42 Å². The molecule has 2 aromatic carbocycles. The van der Waals surface area contributed by atoms with Crippen LogP contribution in [0.5, 0.6) is 0 Å². The van der Waals surface area contributed by atoms with Crippen LogP contribution in [0.1, 0.15) is 43.2 Å². The first-order chi connectivity index (χ1) is 11.2. The molecule has 1 fully saturated rings. The minimum atomic E-state index is -0.0520. The highest BCUT2D eigenvalue weighted by Gasteiger charge is 2.57. The van der Waals surface area contributed by atoms with Crippen molar-refractivity contribution in [2.45, 2.75) is 32.1 Å². The van der Waals surface area contributed by atoms with Gasteiger partial charge in [0.05, 0.1) is 12.5 Å². The maximum atomic E-state index is 12.6. The first-order valence-electron chi connectivity index (χ1n) is 8.49. The summed E-state index contributed by atoms with van der Waals surface area (Å²) in [7, 11) is 0. The maximum absolute atomic E-state index is 12.6. The van der Waals surface area contributed by atoms with Crippen LogP contribution in [0.15, 0.2) is 60.7 Å². The van der Waals surface area contributed by atoms with Gasteiger partial charge in [-0.25, -0.2) is 0 Å². The van der Waals surface area contributed by atoms with Crippen LogP contribution in [0.2, 0.25) is 0 Å². The fourth-order valence-corrected chi connectivity index (χ4v) is 3.22. The number of hydrogen-bond acceptors (Lipinski definition) is 2. The Hall–Kier alpha value is -2.09. The molecule has 23 heavy (non-hydrogen) atoms. The van der Waals surface area contributed by atoms with Gasteiger partial charge in [-0.3, -0.25) is 4.79 Å². The third-order valence-corrected chi connectivity index (χ3v) is 4.87. The summed E-state index contributed by atoms with van der Waals surface area (Å²) in [5.74, 6) is 0.797. The molecule has 0 radical (unpaired) electrons. The molecule has 3 atom stereocenters. The van der Waals surface area contributed by atoms with Crippen molar-refractivity contribution in [3.63, 3.8) is 0 Å². The SMILES string of the molecule is CC[C@H](C)COC(=O)C1[C@@H](c2ccccc2)[C@@H]1c1ccccc1. The van der Waals surface area contributed by atoms with Crippen LogP contribution in [-0.4, -0.2) is 12.6 Å². The molecule has 2 heteroatoms. The summed E-state index contributed by atoms with van der Waals surface area (Å²) in [6, 6.07) is 20.6. The summed E-state index contributed by atoms with van der Waals surface area (Å²) in [5.41, 5.74) is 2.46. The molecule has 1 aliphatic rings. The first kappa shape index (κ1) is 15.8. The number of esters is 1. The standard InChI is InChI=1S/C21H24O2/c1-3-15(2)14-23-21(22)20-18(16-10-6-4-7-11-16)19(20)17-12-8-5-9-13-17/h4-13,15,18-20H,3,14H2,1-2H3/t15-,18-,19-/m0/s1. The molecule has 1 saturated carbocycles. The van der Waals surface area contributed by atoms with Gasteiger partial charge < -0.3 is 4.74 Å². The molecule has 120 valence electrons. The monoisotopic (exact) mass is 308 g/mol. The number of benzene rings is 2. The lowest BCUT2D eigenvalue weighted by Gasteiger charge is -2.09. The zero-order chi connectivity index (χ0) is 16.2. The van der Waals surface area contributed by atoms with Gasteiger partial charge in [-0.05, 0) is 17.0 Å². The molecular formula is C21H24O2. The largest absolute Gasteiger partial charge is 0.465 e. The summed E-state index contributed by atoms with van der Waals surface area (Å²) in [5, 5.41) is 0. The minimum Gasteiger partial charge on any atom is -0.465 e. The van der Waals surface area contributed by atoms with Gasteiger partial charge in [0.25, 0.3) is 0 Å². The van der Waals surface area contributed by atoms with Gasteiger partial charge in [0.15, 0.2) is 0 Å². The quantitative estimate of drug-likeness (QED) is 0.718. The van der Waals surface area contributed by atoms with Crippen molar-refractivity contribution < 1.29 is 9.53 Å². The molecule has 0 unspecified atom stereocenters. The number of ether oxygens (including phenoxy) is 1. The second-order valence-electron chi connectivity index (χ2n) is 6.54. The van der Waals surface area contributed by atoms with E-state index in [-0.39, 0.29) is 23.7 Å². The molecule has 1 aliphatic carbocycles. The zero-order valence-electron chi connectivity index (χ0n) is 13.8. The molecule has 0 heterocycles. The van der Waals surface area contributed by atoms with Crippen molar-refractivity contribution in [1.29, 1.82) is 0 Å². The summed E-state index contributed by atoms with van der Waals surface area (Å²) in [6.07, 6.45) is 1.03. The van der Waals surface area contributed by atoms with Crippen LogP contribution < -0.4 is 0 Å². The Balaban J connectivity index is 1.78. The Morgan fingerprint density at radius 1 is 0.957 bits per heavy atom. The van der Waals surface area contributed by atoms with E-state index in [0.29, 0.717) is 12.5 Å². The van der Waals surface area contributed by atoms with Crippen LogP contribution >= 0.6 is 0 Å². The number of carbonyl (C=O) groups excluding carboxylic acids is 1. The summed E-state index contributed by atoms with van der Waals surface area (Å²) in [6.45, 7) is 4.76. The third kappa shape index (κ3) is 3.47. The lowest BCUT2D eigenvalue weighted by Crippen LogP contribution is -2.14. The van der Waals surface area contributed by atoms with E-state index in [2.05, 4.69) is 38.1 Å². The fourth-order valence-electron chi connectivity index (χ4n) is 3.22. The van der Waals surface area contributed by atoms with Gasteiger partial charge >= 0.3 is 5.97 Å². The van der Waals surface area contributed by atoms with Crippen molar-refractivity contribution in [3.05, 3.63) is 71.8 Å². The van der Waals surface area contributed by atoms with Gasteiger partial charge in [-0.1, -0.05) is 80.9 Å². The zero-order valence-corrected chi connectivity index (χ0v) is 13.8. The molecule has 0 spiro atoms. The van der Waals surface area contributed by atoms with Crippen LogP contribution in [-0.2, 0) is 9.53 Å². The average Bonchev–Trinajstić information content (AvgIpc) is 3.36. The minimum absolute atomic E-state index is 0.0481. The van der Waals surface area contributed by atoms with E-state index in [1.165, 1.54) is 11.1 Å². The van der Waals surface area contributed by atoms with Crippen LogP contribution in [0.25, 0.3) is 0 Å². The predicted octanol–water partition coefficient (Wildman–Crippen LogP) is 4.77. The molecule has 0 N–H and O–H groups in total. The second-order valence-corrected chi connectivity index (χ2v) is 6.54. The van der Waals surface area contributed by atoms with Gasteiger partial charge in [0.2, 0.25) is 0 Å². The van der Waals surface area contributed by atoms with Gasteiger partial charge in [-0.15, -0.1) is 0 Å². The van der Waals surface area contributed by atoms with Gasteiger partial charge in [0.1, 0.15) is 0 Å². The van der Waals surface area contributed by atoms with E-state index in [9.17, 15) is 4.79 Å².